The first-order valence-electron chi connectivity index (χ1n) is 13.3. The number of pyridine rings is 1. The van der Waals surface area contributed by atoms with E-state index < -0.39 is 23.0 Å². The number of imidazole rings is 1. The maximum atomic E-state index is 15.7. The molecule has 39 heavy (non-hydrogen) atoms. The first-order chi connectivity index (χ1) is 18.4. The Labute approximate surface area is 226 Å². The number of hydrogen-bond acceptors (Lipinski definition) is 7. The van der Waals surface area contributed by atoms with Crippen LogP contribution in [0.3, 0.4) is 0 Å². The van der Waals surface area contributed by atoms with Gasteiger partial charge in [-0.1, -0.05) is 0 Å². The molecular weight excluding hydrogens is 506 g/mol. The van der Waals surface area contributed by atoms with Gasteiger partial charge >= 0.3 is 0 Å². The molecule has 2 aromatic heterocycles. The molecule has 0 saturated carbocycles. The van der Waals surface area contributed by atoms with Crippen molar-refractivity contribution in [1.82, 2.24) is 19.0 Å². The summed E-state index contributed by atoms with van der Waals surface area (Å²) in [6.07, 6.45) is 0.0539. The monoisotopic (exact) mass is 540 g/mol. The number of fused-ring (bicyclic) bond motifs is 2. The molecule has 0 spiro atoms. The van der Waals surface area contributed by atoms with Crippen LogP contribution in [0.15, 0.2) is 16.9 Å². The van der Waals surface area contributed by atoms with Crippen LogP contribution in [0.4, 0.5) is 14.5 Å². The van der Waals surface area contributed by atoms with Gasteiger partial charge in [-0.15, -0.1) is 0 Å². The van der Waals surface area contributed by atoms with E-state index in [1.54, 1.807) is 18.4 Å². The van der Waals surface area contributed by atoms with Crippen molar-refractivity contribution in [2.24, 2.45) is 7.05 Å². The first-order valence-corrected chi connectivity index (χ1v) is 13.3. The SMILES string of the molecule is CCn1c(CC#N)nc2c(N3C[C@@H](C)N(C(C)c4cc(F)c5c(c4)OC(C)(C)O5)C[C@@H]3C)c(F)c(=O)n(C)c21. The van der Waals surface area contributed by atoms with Crippen LogP contribution in [0, 0.1) is 23.0 Å². The average Bonchev–Trinajstić information content (AvgIpc) is 3.40. The number of hydrogen-bond donors (Lipinski definition) is 0. The van der Waals surface area contributed by atoms with Crippen LogP contribution in [-0.4, -0.2) is 50.0 Å². The standard InChI is InChI=1S/C28H34F2N6O3/c1-8-34-21(9-10-31)32-23-24(22(30)27(37)33(7)26(23)34)36-14-15(2)35(13-16(36)3)17(4)18-11-19(29)25-20(12-18)38-28(5,6)39-25/h11-12,15-17H,8-9,13-14H2,1-7H3/t15-,16+,17?/m1/s1. The van der Waals surface area contributed by atoms with E-state index in [4.69, 9.17) is 9.47 Å². The van der Waals surface area contributed by atoms with Gasteiger partial charge in [-0.25, -0.2) is 9.37 Å². The van der Waals surface area contributed by atoms with E-state index in [0.29, 0.717) is 42.4 Å². The highest BCUT2D eigenvalue weighted by molar-refractivity contribution is 5.88. The molecule has 1 aromatic carbocycles. The van der Waals surface area contributed by atoms with Crippen LogP contribution < -0.4 is 19.9 Å². The fourth-order valence-corrected chi connectivity index (χ4v) is 5.97. The molecule has 1 unspecified atom stereocenters. The quantitative estimate of drug-likeness (QED) is 0.478. The summed E-state index contributed by atoms with van der Waals surface area (Å²) < 4.78 is 45.1. The Kier molecular flexibility index (Phi) is 6.58. The molecule has 0 N–H and O–H groups in total. The second-order valence-corrected chi connectivity index (χ2v) is 11.0. The minimum atomic E-state index is -0.932. The molecule has 0 aliphatic carbocycles. The summed E-state index contributed by atoms with van der Waals surface area (Å²) in [6, 6.07) is 5.01. The van der Waals surface area contributed by atoms with Crippen LogP contribution >= 0.6 is 0 Å². The van der Waals surface area contributed by atoms with E-state index in [1.807, 2.05) is 38.7 Å². The summed E-state index contributed by atoms with van der Waals surface area (Å²) in [5, 5.41) is 9.31. The summed E-state index contributed by atoms with van der Waals surface area (Å²) in [6.45, 7) is 12.9. The molecule has 0 radical (unpaired) electrons. The molecule has 3 atom stereocenters. The third kappa shape index (κ3) is 4.31. The molecule has 5 rings (SSSR count). The summed E-state index contributed by atoms with van der Waals surface area (Å²) in [5.41, 5.74) is 1.07. The van der Waals surface area contributed by atoms with Crippen LogP contribution in [0.5, 0.6) is 11.5 Å². The highest BCUT2D eigenvalue weighted by Gasteiger charge is 2.38. The van der Waals surface area contributed by atoms with E-state index in [-0.39, 0.29) is 36.0 Å². The third-order valence-corrected chi connectivity index (χ3v) is 7.85. The van der Waals surface area contributed by atoms with Gasteiger partial charge in [-0.05, 0) is 45.4 Å². The molecular formula is C28H34F2N6O3. The van der Waals surface area contributed by atoms with Crippen molar-refractivity contribution in [1.29, 1.82) is 5.26 Å². The van der Waals surface area contributed by atoms with Gasteiger partial charge in [0.1, 0.15) is 22.7 Å². The minimum Gasteiger partial charge on any atom is -0.449 e. The van der Waals surface area contributed by atoms with Gasteiger partial charge in [-0.3, -0.25) is 14.3 Å². The van der Waals surface area contributed by atoms with Gasteiger partial charge in [0, 0.05) is 58.7 Å². The number of ether oxygens (including phenoxy) is 2. The van der Waals surface area contributed by atoms with Crippen molar-refractivity contribution in [3.63, 3.8) is 0 Å². The Balaban J connectivity index is 1.50. The lowest BCUT2D eigenvalue weighted by Crippen LogP contribution is -2.57. The number of aromatic nitrogens is 3. The number of nitrogens with zero attached hydrogens (tertiary/aromatic N) is 6. The molecule has 0 bridgehead atoms. The van der Waals surface area contributed by atoms with Crippen LogP contribution in [0.1, 0.15) is 59.0 Å². The molecule has 1 fully saturated rings. The highest BCUT2D eigenvalue weighted by Crippen LogP contribution is 2.44. The zero-order valence-electron chi connectivity index (χ0n) is 23.4. The molecule has 0 amide bonds. The van der Waals surface area contributed by atoms with Gasteiger partial charge in [0.2, 0.25) is 17.4 Å². The first kappa shape index (κ1) is 26.9. The highest BCUT2D eigenvalue weighted by atomic mass is 19.1. The summed E-state index contributed by atoms with van der Waals surface area (Å²) in [4.78, 5) is 21.8. The fourth-order valence-electron chi connectivity index (χ4n) is 5.97. The molecule has 3 aromatic rings. The van der Waals surface area contributed by atoms with Crippen LogP contribution in [0.25, 0.3) is 11.2 Å². The summed E-state index contributed by atoms with van der Waals surface area (Å²) in [5.74, 6) is -1.25. The molecule has 4 heterocycles. The lowest BCUT2D eigenvalue weighted by atomic mass is 9.99. The van der Waals surface area contributed by atoms with Gasteiger partial charge < -0.3 is 18.9 Å². The topological polar surface area (TPSA) is 88.6 Å². The van der Waals surface area contributed by atoms with Crippen molar-refractivity contribution >= 4 is 16.9 Å². The molecule has 1 saturated heterocycles. The Morgan fingerprint density at radius 2 is 1.92 bits per heavy atom. The smallest absolute Gasteiger partial charge is 0.290 e. The van der Waals surface area contributed by atoms with Crippen molar-refractivity contribution in [3.8, 4) is 17.6 Å². The number of rotatable bonds is 5. The second kappa shape index (κ2) is 9.52. The van der Waals surface area contributed by atoms with Crippen molar-refractivity contribution in [3.05, 3.63) is 45.5 Å². The maximum absolute atomic E-state index is 15.7. The lowest BCUT2D eigenvalue weighted by Gasteiger charge is -2.47. The fraction of sp³-hybridized carbons (Fsp3) is 0.536. The van der Waals surface area contributed by atoms with E-state index in [0.717, 1.165) is 5.56 Å². The zero-order valence-corrected chi connectivity index (χ0v) is 23.4. The number of nitriles is 1. The van der Waals surface area contributed by atoms with E-state index in [1.165, 1.54) is 17.7 Å². The Morgan fingerprint density at radius 3 is 2.59 bits per heavy atom. The van der Waals surface area contributed by atoms with E-state index >= 15 is 4.39 Å². The lowest BCUT2D eigenvalue weighted by molar-refractivity contribution is -0.0445. The molecule has 9 nitrogen and oxygen atoms in total. The van der Waals surface area contributed by atoms with E-state index in [2.05, 4.69) is 16.0 Å². The molecule has 2 aliphatic heterocycles. The predicted molar refractivity (Wildman–Crippen MR) is 143 cm³/mol. The van der Waals surface area contributed by atoms with E-state index in [9.17, 15) is 14.4 Å². The number of benzene rings is 1. The number of anilines is 1. The van der Waals surface area contributed by atoms with Crippen LogP contribution in [0.2, 0.25) is 0 Å². The largest absolute Gasteiger partial charge is 0.449 e. The minimum absolute atomic E-state index is 0.0539. The number of aryl methyl sites for hydroxylation is 2. The van der Waals surface area contributed by atoms with Gasteiger partial charge in [0.15, 0.2) is 11.6 Å². The number of halogens is 2. The second-order valence-electron chi connectivity index (χ2n) is 11.0. The third-order valence-electron chi connectivity index (χ3n) is 7.85. The zero-order chi connectivity index (χ0) is 28.4. The Bertz CT molecular complexity index is 1560. The summed E-state index contributed by atoms with van der Waals surface area (Å²) in [7, 11) is 1.53. The van der Waals surface area contributed by atoms with Crippen molar-refractivity contribution < 1.29 is 18.3 Å². The van der Waals surface area contributed by atoms with Gasteiger partial charge in [-0.2, -0.15) is 9.65 Å². The predicted octanol–water partition coefficient (Wildman–Crippen LogP) is 4.27. The normalized spacial score (nSPS) is 21.4. The maximum Gasteiger partial charge on any atom is 0.290 e. The molecule has 2 aliphatic rings. The Morgan fingerprint density at radius 1 is 1.21 bits per heavy atom. The van der Waals surface area contributed by atoms with Gasteiger partial charge in [0.25, 0.3) is 5.56 Å². The Hall–Kier alpha value is -3.65. The molecule has 208 valence electrons. The average molecular weight is 541 g/mol. The van der Waals surface area contributed by atoms with Gasteiger partial charge in [0.05, 0.1) is 12.5 Å². The van der Waals surface area contributed by atoms with Crippen molar-refractivity contribution in [2.45, 2.75) is 78.4 Å². The molecule has 11 heteroatoms. The van der Waals surface area contributed by atoms with Crippen LogP contribution in [-0.2, 0) is 20.0 Å². The number of piperazine rings is 1. The summed E-state index contributed by atoms with van der Waals surface area (Å²) >= 11 is 0. The van der Waals surface area contributed by atoms with Crippen molar-refractivity contribution in [2.75, 3.05) is 18.0 Å².